The van der Waals surface area contributed by atoms with Crippen LogP contribution in [0.4, 0.5) is 11.4 Å². The summed E-state index contributed by atoms with van der Waals surface area (Å²) >= 11 is 0. The average molecular weight is 289 g/mol. The first-order valence-electron chi connectivity index (χ1n) is 6.70. The SMILES string of the molecule is N#Cc1cccc(N(CC(=O)O)C2CCCC2)c1[N+](=O)[O-]. The van der Waals surface area contributed by atoms with Crippen LogP contribution < -0.4 is 4.90 Å². The van der Waals surface area contributed by atoms with E-state index in [4.69, 9.17) is 10.4 Å². The molecule has 2 rings (SSSR count). The van der Waals surface area contributed by atoms with E-state index in [0.717, 1.165) is 25.7 Å². The Kier molecular flexibility index (Phi) is 4.38. The van der Waals surface area contributed by atoms with Gasteiger partial charge in [0.1, 0.15) is 23.9 Å². The Morgan fingerprint density at radius 3 is 2.67 bits per heavy atom. The molecule has 0 unspecified atom stereocenters. The number of hydrogen-bond acceptors (Lipinski definition) is 5. The molecule has 7 nitrogen and oxygen atoms in total. The molecule has 0 amide bonds. The van der Waals surface area contributed by atoms with Crippen LogP contribution in [-0.4, -0.2) is 28.6 Å². The number of aliphatic carboxylic acids is 1. The van der Waals surface area contributed by atoms with Gasteiger partial charge in [-0.25, -0.2) is 0 Å². The van der Waals surface area contributed by atoms with Crippen LogP contribution in [0.5, 0.6) is 0 Å². The van der Waals surface area contributed by atoms with E-state index in [-0.39, 0.29) is 29.5 Å². The molecule has 0 atom stereocenters. The van der Waals surface area contributed by atoms with E-state index >= 15 is 0 Å². The molecular weight excluding hydrogens is 274 g/mol. The standard InChI is InChI=1S/C14H15N3O4/c15-8-10-4-3-7-12(14(10)17(20)21)16(9-13(18)19)11-5-1-2-6-11/h3-4,7,11H,1-2,5-6,9H2,(H,18,19). The van der Waals surface area contributed by atoms with Crippen LogP contribution in [0, 0.1) is 21.4 Å². The molecule has 1 fully saturated rings. The Hall–Kier alpha value is -2.62. The van der Waals surface area contributed by atoms with Crippen molar-refractivity contribution in [2.24, 2.45) is 0 Å². The molecule has 110 valence electrons. The molecule has 0 spiro atoms. The molecular formula is C14H15N3O4. The van der Waals surface area contributed by atoms with Crippen molar-refractivity contribution in [2.45, 2.75) is 31.7 Å². The monoisotopic (exact) mass is 289 g/mol. The molecule has 0 heterocycles. The number of para-hydroxylation sites is 1. The first kappa shape index (κ1) is 14.8. The predicted molar refractivity (Wildman–Crippen MR) is 75.0 cm³/mol. The lowest BCUT2D eigenvalue weighted by Crippen LogP contribution is -2.38. The highest BCUT2D eigenvalue weighted by atomic mass is 16.6. The van der Waals surface area contributed by atoms with Crippen LogP contribution in [0.1, 0.15) is 31.2 Å². The van der Waals surface area contributed by atoms with E-state index in [1.54, 1.807) is 17.0 Å². The molecule has 1 aromatic rings. The Morgan fingerprint density at radius 1 is 1.48 bits per heavy atom. The highest BCUT2D eigenvalue weighted by molar-refractivity contribution is 5.78. The largest absolute Gasteiger partial charge is 0.480 e. The number of benzene rings is 1. The Balaban J connectivity index is 2.51. The van der Waals surface area contributed by atoms with Gasteiger partial charge in [-0.2, -0.15) is 5.26 Å². The van der Waals surface area contributed by atoms with Crippen molar-refractivity contribution < 1.29 is 14.8 Å². The Labute approximate surface area is 121 Å². The van der Waals surface area contributed by atoms with Crippen molar-refractivity contribution in [3.8, 4) is 6.07 Å². The molecule has 1 aliphatic rings. The minimum absolute atomic E-state index is 0.0336. The number of carboxylic acid groups (broad SMARTS) is 1. The van der Waals surface area contributed by atoms with Crippen molar-refractivity contribution in [1.29, 1.82) is 5.26 Å². The molecule has 21 heavy (non-hydrogen) atoms. The fraction of sp³-hybridized carbons (Fsp3) is 0.429. The van der Waals surface area contributed by atoms with Gasteiger partial charge < -0.3 is 10.0 Å². The molecule has 0 aliphatic heterocycles. The second kappa shape index (κ2) is 6.22. The summed E-state index contributed by atoms with van der Waals surface area (Å²) in [4.78, 5) is 23.3. The zero-order valence-corrected chi connectivity index (χ0v) is 11.4. The van der Waals surface area contributed by atoms with Gasteiger partial charge in [-0.05, 0) is 25.0 Å². The normalized spacial score (nSPS) is 14.6. The zero-order chi connectivity index (χ0) is 15.4. The summed E-state index contributed by atoms with van der Waals surface area (Å²) in [6.07, 6.45) is 3.57. The zero-order valence-electron chi connectivity index (χ0n) is 11.4. The van der Waals surface area contributed by atoms with E-state index in [1.807, 2.05) is 0 Å². The number of nitriles is 1. The molecule has 0 saturated heterocycles. The second-order valence-corrected chi connectivity index (χ2v) is 5.00. The summed E-state index contributed by atoms with van der Waals surface area (Å²) in [5.41, 5.74) is -0.146. The van der Waals surface area contributed by atoms with Gasteiger partial charge in [0.05, 0.1) is 4.92 Å². The number of anilines is 1. The highest BCUT2D eigenvalue weighted by Crippen LogP contribution is 2.36. The third-order valence-corrected chi connectivity index (χ3v) is 3.70. The second-order valence-electron chi connectivity index (χ2n) is 5.00. The third kappa shape index (κ3) is 3.11. The van der Waals surface area contributed by atoms with Gasteiger partial charge in [0.25, 0.3) is 0 Å². The molecule has 1 N–H and O–H groups in total. The van der Waals surface area contributed by atoms with Crippen LogP contribution in [0.15, 0.2) is 18.2 Å². The minimum Gasteiger partial charge on any atom is -0.480 e. The molecule has 1 aromatic carbocycles. The van der Waals surface area contributed by atoms with Gasteiger partial charge in [0, 0.05) is 6.04 Å². The lowest BCUT2D eigenvalue weighted by molar-refractivity contribution is -0.384. The summed E-state index contributed by atoms with van der Waals surface area (Å²) in [6.45, 7) is -0.305. The van der Waals surface area contributed by atoms with Crippen LogP contribution in [0.3, 0.4) is 0 Å². The van der Waals surface area contributed by atoms with Crippen molar-refractivity contribution in [1.82, 2.24) is 0 Å². The topological polar surface area (TPSA) is 107 Å². The number of nitro groups is 1. The predicted octanol–water partition coefficient (Wildman–Crippen LogP) is 2.30. The number of nitrogens with zero attached hydrogens (tertiary/aromatic N) is 3. The van der Waals surface area contributed by atoms with Gasteiger partial charge >= 0.3 is 11.7 Å². The summed E-state index contributed by atoms with van der Waals surface area (Å²) < 4.78 is 0. The smallest absolute Gasteiger partial charge is 0.323 e. The van der Waals surface area contributed by atoms with Crippen molar-refractivity contribution in [3.63, 3.8) is 0 Å². The van der Waals surface area contributed by atoms with Gasteiger partial charge in [0.2, 0.25) is 0 Å². The molecule has 1 saturated carbocycles. The highest BCUT2D eigenvalue weighted by Gasteiger charge is 2.31. The summed E-state index contributed by atoms with van der Waals surface area (Å²) in [6, 6.07) is 6.20. The van der Waals surface area contributed by atoms with E-state index in [1.165, 1.54) is 12.1 Å². The van der Waals surface area contributed by atoms with E-state index in [9.17, 15) is 14.9 Å². The van der Waals surface area contributed by atoms with Gasteiger partial charge in [-0.3, -0.25) is 14.9 Å². The fourth-order valence-corrected chi connectivity index (χ4v) is 2.82. The van der Waals surface area contributed by atoms with Crippen LogP contribution >= 0.6 is 0 Å². The molecule has 0 radical (unpaired) electrons. The first-order valence-corrected chi connectivity index (χ1v) is 6.70. The van der Waals surface area contributed by atoms with E-state index < -0.39 is 10.9 Å². The third-order valence-electron chi connectivity index (χ3n) is 3.70. The maximum absolute atomic E-state index is 11.3. The molecule has 7 heteroatoms. The molecule has 0 aromatic heterocycles. The maximum Gasteiger partial charge on any atom is 0.323 e. The van der Waals surface area contributed by atoms with Crippen LogP contribution in [-0.2, 0) is 4.79 Å². The van der Waals surface area contributed by atoms with Gasteiger partial charge in [-0.15, -0.1) is 0 Å². The molecule has 0 bridgehead atoms. The first-order chi connectivity index (χ1) is 10.0. The molecule has 1 aliphatic carbocycles. The minimum atomic E-state index is -1.04. The fourth-order valence-electron chi connectivity index (χ4n) is 2.82. The van der Waals surface area contributed by atoms with Gasteiger partial charge in [0.15, 0.2) is 0 Å². The van der Waals surface area contributed by atoms with Crippen molar-refractivity contribution in [2.75, 3.05) is 11.4 Å². The number of carboxylic acids is 1. The number of hydrogen-bond donors (Lipinski definition) is 1. The maximum atomic E-state index is 11.3. The van der Waals surface area contributed by atoms with Crippen molar-refractivity contribution >= 4 is 17.3 Å². The average Bonchev–Trinajstić information content (AvgIpc) is 2.97. The summed E-state index contributed by atoms with van der Waals surface area (Å²) in [5.74, 6) is -1.04. The number of carbonyl (C=O) groups is 1. The Morgan fingerprint density at radius 2 is 2.14 bits per heavy atom. The van der Waals surface area contributed by atoms with Gasteiger partial charge in [-0.1, -0.05) is 18.9 Å². The van der Waals surface area contributed by atoms with E-state index in [2.05, 4.69) is 0 Å². The van der Waals surface area contributed by atoms with Crippen LogP contribution in [0.2, 0.25) is 0 Å². The number of nitro benzene ring substituents is 1. The summed E-state index contributed by atoms with van der Waals surface area (Å²) in [7, 11) is 0. The quantitative estimate of drug-likeness (QED) is 0.658. The van der Waals surface area contributed by atoms with E-state index in [0.29, 0.717) is 0 Å². The Bertz CT molecular complexity index is 603. The summed E-state index contributed by atoms with van der Waals surface area (Å²) in [5, 5.41) is 29.4. The number of rotatable bonds is 5. The van der Waals surface area contributed by atoms with Crippen LogP contribution in [0.25, 0.3) is 0 Å². The lowest BCUT2D eigenvalue weighted by Gasteiger charge is -2.29. The van der Waals surface area contributed by atoms with Crippen molar-refractivity contribution in [3.05, 3.63) is 33.9 Å². The lowest BCUT2D eigenvalue weighted by atomic mass is 10.1.